The summed E-state index contributed by atoms with van der Waals surface area (Å²) in [5.41, 5.74) is -0.185. The van der Waals surface area contributed by atoms with E-state index in [1.54, 1.807) is 11.0 Å². The fraction of sp³-hybridized carbons (Fsp3) is 0.609. The molecule has 1 amide bonds. The molecule has 1 aromatic rings. The van der Waals surface area contributed by atoms with Gasteiger partial charge in [0.25, 0.3) is 0 Å². The van der Waals surface area contributed by atoms with Crippen LogP contribution in [0.4, 0.5) is 36.8 Å². The van der Waals surface area contributed by atoms with Gasteiger partial charge in [0, 0.05) is 57.1 Å². The monoisotopic (exact) mass is 507 g/mol. The first-order chi connectivity index (χ1) is 16.4. The van der Waals surface area contributed by atoms with Gasteiger partial charge in [-0.2, -0.15) is 26.3 Å². The lowest BCUT2D eigenvalue weighted by Gasteiger charge is -2.36. The van der Waals surface area contributed by atoms with Crippen molar-refractivity contribution < 1.29 is 40.6 Å². The fourth-order valence-electron chi connectivity index (χ4n) is 4.16. The minimum Gasteiger partial charge on any atom is -0.437 e. The molecule has 0 aromatic heterocycles. The molecule has 0 saturated carbocycles. The second kappa shape index (κ2) is 11.0. The molecule has 0 N–H and O–H groups in total. The summed E-state index contributed by atoms with van der Waals surface area (Å²) in [4.78, 5) is 16.8. The minimum absolute atomic E-state index is 0.0285. The predicted octanol–water partition coefficient (Wildman–Crippen LogP) is 4.14. The van der Waals surface area contributed by atoms with E-state index in [4.69, 9.17) is 11.2 Å². The number of hydrogen-bond acceptors (Lipinski definition) is 5. The Balaban J connectivity index is 1.70. The Morgan fingerprint density at radius 3 is 2.43 bits per heavy atom. The average molecular weight is 507 g/mol. The quantitative estimate of drug-likeness (QED) is 0.428. The molecule has 2 fully saturated rings. The van der Waals surface area contributed by atoms with E-state index in [1.807, 2.05) is 4.90 Å². The lowest BCUT2D eigenvalue weighted by molar-refractivity contribution is -0.200. The minimum atomic E-state index is -4.67. The van der Waals surface area contributed by atoms with Crippen molar-refractivity contribution in [1.82, 2.24) is 9.80 Å². The first kappa shape index (κ1) is 26.9. The van der Waals surface area contributed by atoms with E-state index in [2.05, 4.69) is 10.7 Å². The number of benzene rings is 1. The van der Waals surface area contributed by atoms with Crippen molar-refractivity contribution in [2.75, 3.05) is 50.8 Å². The highest BCUT2D eigenvalue weighted by Crippen LogP contribution is 2.38. The summed E-state index contributed by atoms with van der Waals surface area (Å²) >= 11 is 0. The summed E-state index contributed by atoms with van der Waals surface area (Å²) in [6.07, 6.45) is -6.91. The van der Waals surface area contributed by atoms with Crippen LogP contribution in [-0.4, -0.2) is 80.2 Å². The number of anilines is 1. The van der Waals surface area contributed by atoms with Gasteiger partial charge < -0.3 is 19.3 Å². The van der Waals surface area contributed by atoms with Crippen molar-refractivity contribution in [2.45, 2.75) is 44.4 Å². The fourth-order valence-corrected chi connectivity index (χ4v) is 4.16. The first-order valence-corrected chi connectivity index (χ1v) is 11.1. The van der Waals surface area contributed by atoms with Crippen molar-refractivity contribution in [3.8, 4) is 12.3 Å². The third kappa shape index (κ3) is 6.95. The highest BCUT2D eigenvalue weighted by Gasteiger charge is 2.41. The zero-order valence-electron chi connectivity index (χ0n) is 19.2. The summed E-state index contributed by atoms with van der Waals surface area (Å²) in [6.45, 7) is 2.22. The van der Waals surface area contributed by atoms with Gasteiger partial charge in [-0.1, -0.05) is 12.0 Å². The second-order valence-electron chi connectivity index (χ2n) is 8.50. The van der Waals surface area contributed by atoms with Gasteiger partial charge in [-0.15, -0.1) is 6.42 Å². The van der Waals surface area contributed by atoms with E-state index in [-0.39, 0.29) is 51.0 Å². The molecule has 1 aromatic carbocycles. The first-order valence-electron chi connectivity index (χ1n) is 11.1. The normalized spacial score (nSPS) is 20.6. The summed E-state index contributed by atoms with van der Waals surface area (Å²) < 4.78 is 89.5. The lowest BCUT2D eigenvalue weighted by Crippen LogP contribution is -2.50. The van der Waals surface area contributed by atoms with E-state index < -0.39 is 30.1 Å². The molecule has 2 heterocycles. The largest absolute Gasteiger partial charge is 0.437 e. The number of hydrogen-bond donors (Lipinski definition) is 0. The Hall–Kier alpha value is -2.65. The van der Waals surface area contributed by atoms with Crippen molar-refractivity contribution >= 4 is 11.8 Å². The number of ether oxygens (including phenoxy) is 2. The Bertz CT molecular complexity index is 923. The molecule has 35 heavy (non-hydrogen) atoms. The molecule has 12 heteroatoms. The van der Waals surface area contributed by atoms with Gasteiger partial charge in [0.2, 0.25) is 0 Å². The van der Waals surface area contributed by atoms with Crippen molar-refractivity contribution in [2.24, 2.45) is 0 Å². The van der Waals surface area contributed by atoms with Crippen LogP contribution >= 0.6 is 0 Å². The van der Waals surface area contributed by atoms with Gasteiger partial charge in [-0.3, -0.25) is 4.90 Å². The number of terminal acetylenes is 1. The van der Waals surface area contributed by atoms with Crippen LogP contribution in [0.25, 0.3) is 0 Å². The van der Waals surface area contributed by atoms with Gasteiger partial charge in [0.1, 0.15) is 6.61 Å². The van der Waals surface area contributed by atoms with E-state index in [0.29, 0.717) is 25.2 Å². The predicted molar refractivity (Wildman–Crippen MR) is 116 cm³/mol. The molecule has 2 saturated heterocycles. The van der Waals surface area contributed by atoms with Crippen LogP contribution < -0.4 is 4.90 Å². The number of piperazine rings is 1. The maximum absolute atomic E-state index is 13.9. The Kier molecular flexibility index (Phi) is 8.43. The van der Waals surface area contributed by atoms with Gasteiger partial charge in [-0.05, 0) is 25.5 Å². The third-order valence-corrected chi connectivity index (χ3v) is 6.10. The van der Waals surface area contributed by atoms with E-state index in [0.717, 1.165) is 17.9 Å². The third-order valence-electron chi connectivity index (χ3n) is 6.10. The molecule has 3 rings (SSSR count). The maximum Gasteiger partial charge on any atom is 0.425 e. The van der Waals surface area contributed by atoms with Gasteiger partial charge >= 0.3 is 18.4 Å². The van der Waals surface area contributed by atoms with Crippen LogP contribution in [0, 0.1) is 12.3 Å². The van der Waals surface area contributed by atoms with Crippen LogP contribution in [0.2, 0.25) is 0 Å². The molecule has 2 aliphatic rings. The molecule has 0 spiro atoms. The van der Waals surface area contributed by atoms with Crippen LogP contribution in [0.1, 0.15) is 24.5 Å². The summed E-state index contributed by atoms with van der Waals surface area (Å²) in [7, 11) is 0. The average Bonchev–Trinajstić information content (AvgIpc) is 3.25. The van der Waals surface area contributed by atoms with E-state index in [1.165, 1.54) is 6.07 Å². The SMILES string of the molecule is C#CCO[C@H]1CCN(c2cccc(C(F)(F)F)c2CN2CCN(C(=O)OC(C)C(F)(F)F)CC2)C1. The summed E-state index contributed by atoms with van der Waals surface area (Å²) in [5, 5.41) is 0. The van der Waals surface area contributed by atoms with E-state index in [9.17, 15) is 31.1 Å². The smallest absolute Gasteiger partial charge is 0.425 e. The molecule has 194 valence electrons. The number of alkyl halides is 6. The van der Waals surface area contributed by atoms with Crippen LogP contribution in [-0.2, 0) is 22.2 Å². The molecular weight excluding hydrogens is 480 g/mol. The number of carbonyl (C=O) groups is 1. The van der Waals surface area contributed by atoms with Crippen LogP contribution in [0.3, 0.4) is 0 Å². The molecule has 0 radical (unpaired) electrons. The summed E-state index contributed by atoms with van der Waals surface area (Å²) in [5.74, 6) is 2.38. The van der Waals surface area contributed by atoms with Crippen molar-refractivity contribution in [1.29, 1.82) is 0 Å². The van der Waals surface area contributed by atoms with Gasteiger partial charge in [-0.25, -0.2) is 4.79 Å². The van der Waals surface area contributed by atoms with Crippen molar-refractivity contribution in [3.63, 3.8) is 0 Å². The number of rotatable bonds is 6. The zero-order chi connectivity index (χ0) is 25.8. The Morgan fingerprint density at radius 1 is 1.14 bits per heavy atom. The molecule has 2 aliphatic heterocycles. The molecular formula is C23H27F6N3O3. The number of halogens is 6. The maximum atomic E-state index is 13.9. The number of nitrogens with zero attached hydrogens (tertiary/aromatic N) is 3. The molecule has 2 atom stereocenters. The number of carbonyl (C=O) groups excluding carboxylic acids is 1. The molecule has 1 unspecified atom stereocenters. The zero-order valence-corrected chi connectivity index (χ0v) is 19.2. The van der Waals surface area contributed by atoms with Gasteiger partial charge in [0.15, 0.2) is 6.10 Å². The van der Waals surface area contributed by atoms with Crippen LogP contribution in [0.5, 0.6) is 0 Å². The number of amides is 1. The highest BCUT2D eigenvalue weighted by molar-refractivity contribution is 5.68. The topological polar surface area (TPSA) is 45.2 Å². The van der Waals surface area contributed by atoms with Gasteiger partial charge in [0.05, 0.1) is 11.7 Å². The Labute approximate surface area is 199 Å². The summed E-state index contributed by atoms with van der Waals surface area (Å²) in [6, 6.07) is 4.04. The molecule has 0 aliphatic carbocycles. The second-order valence-corrected chi connectivity index (χ2v) is 8.50. The standard InChI is InChI=1S/C23H27F6N3O3/c1-3-13-34-17-7-8-32(14-17)20-6-4-5-19(23(27,28)29)18(20)15-30-9-11-31(12-10-30)21(33)35-16(2)22(24,25)26/h1,4-6,16-17H,7-15H2,2H3/t16?,17-/m0/s1. The molecule has 6 nitrogen and oxygen atoms in total. The van der Waals surface area contributed by atoms with Crippen LogP contribution in [0.15, 0.2) is 18.2 Å². The van der Waals surface area contributed by atoms with Crippen molar-refractivity contribution in [3.05, 3.63) is 29.3 Å². The highest BCUT2D eigenvalue weighted by atomic mass is 19.4. The molecule has 0 bridgehead atoms. The Morgan fingerprint density at radius 2 is 1.83 bits per heavy atom. The lowest BCUT2D eigenvalue weighted by atomic mass is 10.0. The van der Waals surface area contributed by atoms with E-state index >= 15 is 0 Å².